The first-order chi connectivity index (χ1) is 21.6. The van der Waals surface area contributed by atoms with Crippen molar-refractivity contribution in [1.29, 1.82) is 0 Å². The van der Waals surface area contributed by atoms with Crippen LogP contribution in [0.15, 0.2) is 24.3 Å². The SMILES string of the molecule is CCCCCCCC/C=C\CCCCCCC(CNCC(CCCCCC/C=C\CCCCCCCC)C(C)(C)O)C(C)(C)O. The fourth-order valence-electron chi connectivity index (χ4n) is 6.41. The standard InChI is InChI=1S/C42H83NO2/c1-7-9-11-13-15-17-19-21-23-25-27-29-31-33-35-39(41(3,4)44)37-43-38-40(42(5,6)45)36-34-32-30-28-26-24-22-20-18-16-14-12-10-8-2/h21-24,39-40,43-45H,7-20,25-38H2,1-6H3/b23-21-,24-22-. The number of hydrogen-bond donors (Lipinski definition) is 3. The van der Waals surface area contributed by atoms with Gasteiger partial charge in [-0.1, -0.05) is 141 Å². The molecule has 0 amide bonds. The Bertz CT molecular complexity index is 601. The van der Waals surface area contributed by atoms with Gasteiger partial charge in [0.1, 0.15) is 0 Å². The maximum atomic E-state index is 10.8. The molecule has 268 valence electrons. The molecule has 3 N–H and O–H groups in total. The summed E-state index contributed by atoms with van der Waals surface area (Å²) in [5.41, 5.74) is -1.36. The fraction of sp³-hybridized carbons (Fsp3) is 0.905. The Morgan fingerprint density at radius 3 is 0.978 bits per heavy atom. The summed E-state index contributed by atoms with van der Waals surface area (Å²) in [4.78, 5) is 0. The van der Waals surface area contributed by atoms with Crippen LogP contribution in [-0.2, 0) is 0 Å². The van der Waals surface area contributed by atoms with E-state index in [-0.39, 0.29) is 11.8 Å². The van der Waals surface area contributed by atoms with E-state index in [0.717, 1.165) is 25.9 Å². The number of aliphatic hydroxyl groups is 2. The van der Waals surface area contributed by atoms with Gasteiger partial charge in [-0.3, -0.25) is 0 Å². The van der Waals surface area contributed by atoms with Crippen LogP contribution >= 0.6 is 0 Å². The molecule has 0 aliphatic heterocycles. The smallest absolute Gasteiger partial charge is 0.0631 e. The van der Waals surface area contributed by atoms with E-state index < -0.39 is 11.2 Å². The van der Waals surface area contributed by atoms with Gasteiger partial charge in [0, 0.05) is 13.1 Å². The maximum Gasteiger partial charge on any atom is 0.0631 e. The largest absolute Gasteiger partial charge is 0.390 e. The monoisotopic (exact) mass is 634 g/mol. The van der Waals surface area contributed by atoms with Gasteiger partial charge in [0.05, 0.1) is 11.2 Å². The van der Waals surface area contributed by atoms with E-state index in [4.69, 9.17) is 0 Å². The van der Waals surface area contributed by atoms with Crippen LogP contribution in [0.3, 0.4) is 0 Å². The number of unbranched alkanes of at least 4 members (excludes halogenated alkanes) is 20. The van der Waals surface area contributed by atoms with Gasteiger partial charge in [-0.2, -0.15) is 0 Å². The zero-order valence-electron chi connectivity index (χ0n) is 31.7. The van der Waals surface area contributed by atoms with E-state index in [0.29, 0.717) is 0 Å². The van der Waals surface area contributed by atoms with Crippen LogP contribution in [0.1, 0.15) is 208 Å². The van der Waals surface area contributed by atoms with E-state index in [1.54, 1.807) is 0 Å². The van der Waals surface area contributed by atoms with E-state index in [9.17, 15) is 10.2 Å². The lowest BCUT2D eigenvalue weighted by molar-refractivity contribution is 0.00118. The van der Waals surface area contributed by atoms with Crippen molar-refractivity contribution in [3.63, 3.8) is 0 Å². The quantitative estimate of drug-likeness (QED) is 0.0488. The molecular weight excluding hydrogens is 550 g/mol. The third-order valence-corrected chi connectivity index (χ3v) is 9.91. The average molecular weight is 634 g/mol. The molecule has 0 radical (unpaired) electrons. The van der Waals surface area contributed by atoms with Gasteiger partial charge in [0.15, 0.2) is 0 Å². The minimum atomic E-state index is -0.681. The van der Waals surface area contributed by atoms with Crippen LogP contribution in [0.5, 0.6) is 0 Å². The van der Waals surface area contributed by atoms with Crippen molar-refractivity contribution in [2.24, 2.45) is 11.8 Å². The summed E-state index contributed by atoms with van der Waals surface area (Å²) in [5.74, 6) is 0.484. The van der Waals surface area contributed by atoms with Gasteiger partial charge in [-0.25, -0.2) is 0 Å². The van der Waals surface area contributed by atoms with Crippen LogP contribution in [-0.4, -0.2) is 34.5 Å². The van der Waals surface area contributed by atoms with Crippen molar-refractivity contribution in [2.75, 3.05) is 13.1 Å². The Hall–Kier alpha value is -0.640. The van der Waals surface area contributed by atoms with Crippen molar-refractivity contribution in [3.8, 4) is 0 Å². The third kappa shape index (κ3) is 30.4. The predicted molar refractivity (Wildman–Crippen MR) is 202 cm³/mol. The number of hydrogen-bond acceptors (Lipinski definition) is 3. The highest BCUT2D eigenvalue weighted by molar-refractivity contribution is 4.84. The Morgan fingerprint density at radius 1 is 0.422 bits per heavy atom. The summed E-state index contributed by atoms with van der Waals surface area (Å²) in [7, 11) is 0. The molecular formula is C42H83NO2. The van der Waals surface area contributed by atoms with Crippen LogP contribution in [0, 0.1) is 11.8 Å². The molecule has 2 atom stereocenters. The van der Waals surface area contributed by atoms with Gasteiger partial charge in [0.25, 0.3) is 0 Å². The zero-order chi connectivity index (χ0) is 33.5. The minimum absolute atomic E-state index is 0.242. The lowest BCUT2D eigenvalue weighted by Crippen LogP contribution is -2.43. The van der Waals surface area contributed by atoms with Crippen molar-refractivity contribution < 1.29 is 10.2 Å². The first-order valence-electron chi connectivity index (χ1n) is 20.1. The molecule has 0 aliphatic rings. The molecule has 0 aromatic rings. The Morgan fingerprint density at radius 2 is 0.689 bits per heavy atom. The Balaban J connectivity index is 4.07. The Labute approximate surface area is 283 Å². The molecule has 2 unspecified atom stereocenters. The van der Waals surface area contributed by atoms with Gasteiger partial charge in [-0.05, 0) is 104 Å². The lowest BCUT2D eigenvalue weighted by Gasteiger charge is -2.33. The van der Waals surface area contributed by atoms with Crippen LogP contribution in [0.2, 0.25) is 0 Å². The van der Waals surface area contributed by atoms with E-state index in [2.05, 4.69) is 43.5 Å². The normalized spacial score (nSPS) is 14.2. The number of rotatable bonds is 34. The summed E-state index contributed by atoms with van der Waals surface area (Å²) in [6.07, 6.45) is 43.1. The van der Waals surface area contributed by atoms with E-state index in [1.807, 2.05) is 27.7 Å². The minimum Gasteiger partial charge on any atom is -0.390 e. The molecule has 0 bridgehead atoms. The summed E-state index contributed by atoms with van der Waals surface area (Å²) in [6, 6.07) is 0. The highest BCUT2D eigenvalue weighted by Gasteiger charge is 2.29. The van der Waals surface area contributed by atoms with E-state index in [1.165, 1.54) is 154 Å². The van der Waals surface area contributed by atoms with Gasteiger partial charge >= 0.3 is 0 Å². The van der Waals surface area contributed by atoms with Crippen LogP contribution < -0.4 is 5.32 Å². The summed E-state index contributed by atoms with van der Waals surface area (Å²) < 4.78 is 0. The molecule has 0 rings (SSSR count). The molecule has 0 saturated heterocycles. The highest BCUT2D eigenvalue weighted by Crippen LogP contribution is 2.25. The first kappa shape index (κ1) is 44.4. The molecule has 0 aromatic heterocycles. The molecule has 0 heterocycles. The first-order valence-corrected chi connectivity index (χ1v) is 20.1. The molecule has 45 heavy (non-hydrogen) atoms. The average Bonchev–Trinajstić information content (AvgIpc) is 2.98. The van der Waals surface area contributed by atoms with Crippen LogP contribution in [0.25, 0.3) is 0 Å². The van der Waals surface area contributed by atoms with Crippen LogP contribution in [0.4, 0.5) is 0 Å². The lowest BCUT2D eigenvalue weighted by atomic mass is 9.84. The van der Waals surface area contributed by atoms with Crippen molar-refractivity contribution >= 4 is 0 Å². The molecule has 3 nitrogen and oxygen atoms in total. The Kier molecular flexibility index (Phi) is 30.2. The molecule has 0 spiro atoms. The van der Waals surface area contributed by atoms with Crippen molar-refractivity contribution in [2.45, 2.75) is 220 Å². The topological polar surface area (TPSA) is 52.5 Å². The molecule has 0 aromatic carbocycles. The second-order valence-electron chi connectivity index (χ2n) is 15.4. The zero-order valence-corrected chi connectivity index (χ0v) is 31.7. The second kappa shape index (κ2) is 30.7. The van der Waals surface area contributed by atoms with Gasteiger partial charge < -0.3 is 15.5 Å². The van der Waals surface area contributed by atoms with Gasteiger partial charge in [-0.15, -0.1) is 0 Å². The van der Waals surface area contributed by atoms with Crippen molar-refractivity contribution in [3.05, 3.63) is 24.3 Å². The molecule has 3 heteroatoms. The molecule has 0 fully saturated rings. The maximum absolute atomic E-state index is 10.8. The highest BCUT2D eigenvalue weighted by atomic mass is 16.3. The predicted octanol–water partition coefficient (Wildman–Crippen LogP) is 12.6. The summed E-state index contributed by atoms with van der Waals surface area (Å²) in [6.45, 7) is 14.1. The fourth-order valence-corrected chi connectivity index (χ4v) is 6.41. The summed E-state index contributed by atoms with van der Waals surface area (Å²) in [5, 5.41) is 25.4. The third-order valence-electron chi connectivity index (χ3n) is 9.91. The van der Waals surface area contributed by atoms with Crippen molar-refractivity contribution in [1.82, 2.24) is 5.32 Å². The number of allylic oxidation sites excluding steroid dienone is 4. The summed E-state index contributed by atoms with van der Waals surface area (Å²) >= 11 is 0. The van der Waals surface area contributed by atoms with Gasteiger partial charge in [0.2, 0.25) is 0 Å². The number of nitrogens with one attached hydrogen (secondary N) is 1. The second-order valence-corrected chi connectivity index (χ2v) is 15.4. The molecule has 0 saturated carbocycles. The molecule has 0 aliphatic carbocycles. The van der Waals surface area contributed by atoms with E-state index >= 15 is 0 Å².